The van der Waals surface area contributed by atoms with E-state index in [0.717, 1.165) is 39.3 Å². The SMILES string of the molecule is CCOC(=O)C(C(C)=O)[N+]12CCN(CC1)CC2. The number of piperazine rings is 3. The molecular formula is C12H21N2O3+. The highest BCUT2D eigenvalue weighted by Crippen LogP contribution is 2.25. The first-order valence-electron chi connectivity index (χ1n) is 6.34. The Hall–Kier alpha value is -0.940. The molecule has 0 N–H and O–H groups in total. The van der Waals surface area contributed by atoms with Gasteiger partial charge in [-0.05, 0) is 6.92 Å². The van der Waals surface area contributed by atoms with Gasteiger partial charge in [0.2, 0.25) is 6.04 Å². The van der Waals surface area contributed by atoms with Crippen molar-refractivity contribution in [3.05, 3.63) is 0 Å². The van der Waals surface area contributed by atoms with Gasteiger partial charge in [-0.1, -0.05) is 0 Å². The van der Waals surface area contributed by atoms with Crippen LogP contribution in [0, 0.1) is 0 Å². The molecule has 5 heteroatoms. The first-order valence-corrected chi connectivity index (χ1v) is 6.34. The fraction of sp³-hybridized carbons (Fsp3) is 0.833. The molecular weight excluding hydrogens is 220 g/mol. The van der Waals surface area contributed by atoms with Crippen molar-refractivity contribution in [3.8, 4) is 0 Å². The van der Waals surface area contributed by atoms with Crippen LogP contribution in [0.2, 0.25) is 0 Å². The Balaban J connectivity index is 2.20. The zero-order valence-electron chi connectivity index (χ0n) is 10.6. The van der Waals surface area contributed by atoms with Crippen LogP contribution in [0.15, 0.2) is 0 Å². The largest absolute Gasteiger partial charge is 0.461 e. The van der Waals surface area contributed by atoms with Crippen LogP contribution in [0.5, 0.6) is 0 Å². The minimum absolute atomic E-state index is 0.0567. The van der Waals surface area contributed by atoms with Crippen molar-refractivity contribution in [2.75, 3.05) is 45.9 Å². The molecule has 3 rings (SSSR count). The van der Waals surface area contributed by atoms with E-state index in [-0.39, 0.29) is 11.8 Å². The third kappa shape index (κ3) is 2.21. The maximum absolute atomic E-state index is 12.0. The number of carbonyl (C=O) groups excluding carboxylic acids is 2. The molecule has 3 aliphatic heterocycles. The Morgan fingerprint density at radius 3 is 2.18 bits per heavy atom. The lowest BCUT2D eigenvalue weighted by Crippen LogP contribution is -2.73. The second kappa shape index (κ2) is 4.74. The smallest absolute Gasteiger partial charge is 0.373 e. The molecule has 0 aliphatic carbocycles. The Kier molecular flexibility index (Phi) is 3.49. The number of esters is 1. The van der Waals surface area contributed by atoms with Gasteiger partial charge in [0.05, 0.1) is 26.2 Å². The van der Waals surface area contributed by atoms with Crippen molar-refractivity contribution in [2.24, 2.45) is 0 Å². The number of quaternary nitrogens is 1. The summed E-state index contributed by atoms with van der Waals surface area (Å²) < 4.78 is 5.69. The van der Waals surface area contributed by atoms with Crippen LogP contribution in [-0.4, -0.2) is 73.1 Å². The molecule has 17 heavy (non-hydrogen) atoms. The summed E-state index contributed by atoms with van der Waals surface area (Å²) in [5.74, 6) is -0.394. The van der Waals surface area contributed by atoms with Gasteiger partial charge in [0.15, 0.2) is 5.78 Å². The van der Waals surface area contributed by atoms with E-state index in [9.17, 15) is 9.59 Å². The summed E-state index contributed by atoms with van der Waals surface area (Å²) in [4.78, 5) is 26.2. The quantitative estimate of drug-likeness (QED) is 0.383. The van der Waals surface area contributed by atoms with Gasteiger partial charge in [0.25, 0.3) is 0 Å². The summed E-state index contributed by atoms with van der Waals surface area (Å²) in [6.07, 6.45) is 0. The number of Topliss-reactive ketones (excluding diaryl/α,β-unsaturated/α-hetero) is 1. The van der Waals surface area contributed by atoms with Crippen LogP contribution < -0.4 is 0 Å². The highest BCUT2D eigenvalue weighted by atomic mass is 16.5. The highest BCUT2D eigenvalue weighted by Gasteiger charge is 2.50. The third-order valence-electron chi connectivity index (χ3n) is 4.03. The normalized spacial score (nSPS) is 33.2. The minimum Gasteiger partial charge on any atom is -0.461 e. The molecule has 0 aromatic rings. The number of hydrogen-bond donors (Lipinski definition) is 0. The predicted octanol–water partition coefficient (Wildman–Crippen LogP) is -0.347. The van der Waals surface area contributed by atoms with Crippen LogP contribution in [-0.2, 0) is 14.3 Å². The molecule has 1 unspecified atom stereocenters. The molecule has 3 heterocycles. The van der Waals surface area contributed by atoms with E-state index < -0.39 is 6.04 Å². The number of rotatable bonds is 4. The van der Waals surface area contributed by atoms with Crippen LogP contribution in [0.1, 0.15) is 13.8 Å². The lowest BCUT2D eigenvalue weighted by atomic mass is 10.0. The molecule has 5 nitrogen and oxygen atoms in total. The molecule has 1 atom stereocenters. The van der Waals surface area contributed by atoms with Crippen molar-refractivity contribution in [2.45, 2.75) is 19.9 Å². The number of ether oxygens (including phenoxy) is 1. The average Bonchev–Trinajstić information content (AvgIpc) is 2.30. The average molecular weight is 241 g/mol. The van der Waals surface area contributed by atoms with E-state index in [1.165, 1.54) is 6.92 Å². The third-order valence-corrected chi connectivity index (χ3v) is 4.03. The van der Waals surface area contributed by atoms with Gasteiger partial charge >= 0.3 is 5.97 Å². The van der Waals surface area contributed by atoms with Crippen molar-refractivity contribution >= 4 is 11.8 Å². The Labute approximate surface area is 102 Å². The number of fused-ring (bicyclic) bond motifs is 3. The molecule has 0 aromatic heterocycles. The van der Waals surface area contributed by atoms with Crippen LogP contribution in [0.25, 0.3) is 0 Å². The van der Waals surface area contributed by atoms with E-state index in [1.54, 1.807) is 6.92 Å². The monoisotopic (exact) mass is 241 g/mol. The molecule has 0 amide bonds. The van der Waals surface area contributed by atoms with E-state index >= 15 is 0 Å². The van der Waals surface area contributed by atoms with E-state index in [0.29, 0.717) is 11.1 Å². The Bertz CT molecular complexity index is 308. The van der Waals surface area contributed by atoms with E-state index in [2.05, 4.69) is 4.90 Å². The summed E-state index contributed by atoms with van der Waals surface area (Å²) in [5.41, 5.74) is 0. The molecule has 0 radical (unpaired) electrons. The molecule has 0 spiro atoms. The highest BCUT2D eigenvalue weighted by molar-refractivity contribution is 6.00. The van der Waals surface area contributed by atoms with Crippen molar-refractivity contribution in [1.82, 2.24) is 4.90 Å². The molecule has 2 bridgehead atoms. The summed E-state index contributed by atoms with van der Waals surface area (Å²) in [6.45, 7) is 9.28. The van der Waals surface area contributed by atoms with E-state index in [4.69, 9.17) is 4.74 Å². The second-order valence-electron chi connectivity index (χ2n) is 5.00. The maximum Gasteiger partial charge on any atom is 0.373 e. The minimum atomic E-state index is -0.600. The number of ketones is 1. The summed E-state index contributed by atoms with van der Waals surface area (Å²) in [7, 11) is 0. The second-order valence-corrected chi connectivity index (χ2v) is 5.00. The molecule has 96 valence electrons. The van der Waals surface area contributed by atoms with Crippen molar-refractivity contribution < 1.29 is 18.8 Å². The Morgan fingerprint density at radius 1 is 1.24 bits per heavy atom. The van der Waals surface area contributed by atoms with Crippen molar-refractivity contribution in [1.29, 1.82) is 0 Å². The summed E-state index contributed by atoms with van der Waals surface area (Å²) in [5, 5.41) is 0. The maximum atomic E-state index is 12.0. The lowest BCUT2D eigenvalue weighted by Gasteiger charge is -2.52. The predicted molar refractivity (Wildman–Crippen MR) is 62.4 cm³/mol. The number of hydrogen-bond acceptors (Lipinski definition) is 4. The zero-order chi connectivity index (χ0) is 12.5. The lowest BCUT2D eigenvalue weighted by molar-refractivity contribution is -0.947. The van der Waals surface area contributed by atoms with Gasteiger partial charge in [-0.25, -0.2) is 4.79 Å². The fourth-order valence-corrected chi connectivity index (χ4v) is 3.08. The summed E-state index contributed by atoms with van der Waals surface area (Å²) in [6, 6.07) is -0.600. The molecule has 3 saturated heterocycles. The van der Waals surface area contributed by atoms with Crippen LogP contribution in [0.4, 0.5) is 0 Å². The van der Waals surface area contributed by atoms with Gasteiger partial charge in [-0.15, -0.1) is 0 Å². The van der Waals surface area contributed by atoms with Crippen molar-refractivity contribution in [3.63, 3.8) is 0 Å². The zero-order valence-corrected chi connectivity index (χ0v) is 10.6. The number of nitrogens with zero attached hydrogens (tertiary/aromatic N) is 2. The van der Waals surface area contributed by atoms with Gasteiger partial charge in [-0.3, -0.25) is 9.69 Å². The van der Waals surface area contributed by atoms with Gasteiger partial charge in [0.1, 0.15) is 0 Å². The topological polar surface area (TPSA) is 46.6 Å². The van der Waals surface area contributed by atoms with Gasteiger partial charge in [-0.2, -0.15) is 0 Å². The Morgan fingerprint density at radius 2 is 1.76 bits per heavy atom. The molecule has 0 aromatic carbocycles. The van der Waals surface area contributed by atoms with Gasteiger partial charge < -0.3 is 9.22 Å². The summed E-state index contributed by atoms with van der Waals surface area (Å²) >= 11 is 0. The fourth-order valence-electron chi connectivity index (χ4n) is 3.08. The van der Waals surface area contributed by atoms with E-state index in [1.807, 2.05) is 0 Å². The molecule has 3 aliphatic rings. The number of carbonyl (C=O) groups is 2. The first-order chi connectivity index (χ1) is 8.09. The van der Waals surface area contributed by atoms with Crippen LogP contribution in [0.3, 0.4) is 0 Å². The molecule has 0 saturated carbocycles. The van der Waals surface area contributed by atoms with Gasteiger partial charge in [0, 0.05) is 26.6 Å². The first kappa shape index (κ1) is 12.5. The van der Waals surface area contributed by atoms with Crippen LogP contribution >= 0.6 is 0 Å². The standard InChI is InChI=1S/C12H21N2O3/c1-3-17-12(16)11(10(2)15)14-7-4-13(5-8-14)6-9-14/h11H,3-9H2,1-2H3/q+1. The molecule has 3 fully saturated rings.